The van der Waals surface area contributed by atoms with E-state index >= 15 is 0 Å². The number of nitrogens with one attached hydrogen (secondary N) is 2. The summed E-state index contributed by atoms with van der Waals surface area (Å²) in [5.74, 6) is 1.11. The second-order valence-electron chi connectivity index (χ2n) is 8.59. The van der Waals surface area contributed by atoms with Gasteiger partial charge in [-0.25, -0.2) is 8.42 Å². The van der Waals surface area contributed by atoms with Gasteiger partial charge in [0.2, 0.25) is 0 Å². The van der Waals surface area contributed by atoms with Gasteiger partial charge in [-0.2, -0.15) is 9.97 Å². The fraction of sp³-hybridized carbons (Fsp3) is 0.478. The van der Waals surface area contributed by atoms with Crippen LogP contribution in [-0.2, 0) is 19.3 Å². The fourth-order valence-corrected chi connectivity index (χ4v) is 5.73. The van der Waals surface area contributed by atoms with Gasteiger partial charge in [0.05, 0.1) is 42.8 Å². The second kappa shape index (κ2) is 11.2. The Kier molecular flexibility index (Phi) is 7.77. The van der Waals surface area contributed by atoms with Crippen LogP contribution in [0, 0.1) is 0 Å². The number of sulfone groups is 1. The number of ether oxygens (including phenoxy) is 3. The maximum Gasteiger partial charge on any atom is 0.320 e. The Morgan fingerprint density at radius 2 is 1.75 bits per heavy atom. The molecule has 11 nitrogen and oxygen atoms in total. The highest BCUT2D eigenvalue weighted by Crippen LogP contribution is 2.30. The number of nitrogens with zero attached hydrogens (tertiary/aromatic N) is 4. The molecular weight excluding hydrogens is 508 g/mol. The monoisotopic (exact) mass is 536 g/mol. The van der Waals surface area contributed by atoms with Crippen molar-refractivity contribution >= 4 is 38.8 Å². The SMILES string of the molecule is O=S1(=O)CC=C(NNc2cc(N3CCOCC3)nc(OCCN3CCOCC3)n2)c2cc(Cl)ccc21. The Balaban J connectivity index is 1.32. The number of hydrogen-bond donors (Lipinski definition) is 2. The normalized spacial score (nSPS) is 19.8. The molecule has 194 valence electrons. The van der Waals surface area contributed by atoms with Gasteiger partial charge in [0, 0.05) is 49.4 Å². The van der Waals surface area contributed by atoms with E-state index in [0.29, 0.717) is 55.0 Å². The van der Waals surface area contributed by atoms with E-state index < -0.39 is 9.84 Å². The van der Waals surface area contributed by atoms with Crippen LogP contribution < -0.4 is 20.5 Å². The summed E-state index contributed by atoms with van der Waals surface area (Å²) < 4.78 is 41.8. The topological polar surface area (TPSA) is 118 Å². The van der Waals surface area contributed by atoms with Crippen LogP contribution in [0.3, 0.4) is 0 Å². The number of anilines is 2. The van der Waals surface area contributed by atoms with Gasteiger partial charge in [-0.3, -0.25) is 15.8 Å². The van der Waals surface area contributed by atoms with Crippen LogP contribution in [0.5, 0.6) is 6.01 Å². The first kappa shape index (κ1) is 25.0. The summed E-state index contributed by atoms with van der Waals surface area (Å²) in [5, 5.41) is 0.450. The van der Waals surface area contributed by atoms with Crippen LogP contribution >= 0.6 is 11.6 Å². The molecule has 2 fully saturated rings. The molecule has 3 aliphatic heterocycles. The fourth-order valence-electron chi connectivity index (χ4n) is 4.21. The molecule has 0 saturated carbocycles. The molecule has 0 amide bonds. The number of hydrogen-bond acceptors (Lipinski definition) is 11. The van der Waals surface area contributed by atoms with Gasteiger partial charge in [-0.1, -0.05) is 11.6 Å². The van der Waals surface area contributed by atoms with Crippen molar-refractivity contribution in [2.75, 3.05) is 81.8 Å². The smallest absolute Gasteiger partial charge is 0.320 e. The van der Waals surface area contributed by atoms with Gasteiger partial charge in [-0.15, -0.1) is 0 Å². The molecule has 0 spiro atoms. The van der Waals surface area contributed by atoms with Crippen LogP contribution in [-0.4, -0.2) is 94.8 Å². The molecule has 36 heavy (non-hydrogen) atoms. The van der Waals surface area contributed by atoms with Crippen LogP contribution in [0.1, 0.15) is 5.56 Å². The van der Waals surface area contributed by atoms with Gasteiger partial charge < -0.3 is 19.1 Å². The molecule has 3 aliphatic rings. The minimum absolute atomic E-state index is 0.107. The molecular formula is C23H29ClN6O5S. The lowest BCUT2D eigenvalue weighted by Gasteiger charge is -2.28. The second-order valence-corrected chi connectivity index (χ2v) is 11.0. The Labute approximate surface area is 215 Å². The van der Waals surface area contributed by atoms with Crippen molar-refractivity contribution in [1.82, 2.24) is 20.3 Å². The van der Waals surface area contributed by atoms with E-state index in [0.717, 1.165) is 38.7 Å². The van der Waals surface area contributed by atoms with Gasteiger partial charge in [0.1, 0.15) is 12.4 Å². The maximum atomic E-state index is 12.5. The largest absolute Gasteiger partial charge is 0.462 e. The maximum absolute atomic E-state index is 12.5. The van der Waals surface area contributed by atoms with E-state index in [2.05, 4.69) is 30.6 Å². The average Bonchev–Trinajstić information content (AvgIpc) is 2.89. The lowest BCUT2D eigenvalue weighted by Crippen LogP contribution is -2.39. The molecule has 0 unspecified atom stereocenters. The molecule has 13 heteroatoms. The standard InChI is InChI=1S/C23H29ClN6O5S/c24-17-1-2-20-18(15-17)19(3-14-36(20,31)32)27-28-21-16-22(30-7-11-34-12-8-30)26-23(25-21)35-13-6-29-4-9-33-10-5-29/h1-3,15-16,27H,4-14H2,(H,25,26,28). The van der Waals surface area contributed by atoms with Gasteiger partial charge in [0.25, 0.3) is 0 Å². The number of fused-ring (bicyclic) bond motifs is 1. The van der Waals surface area contributed by atoms with Gasteiger partial charge in [0.15, 0.2) is 15.7 Å². The molecule has 0 aliphatic carbocycles. The number of halogens is 1. The summed E-state index contributed by atoms with van der Waals surface area (Å²) in [6, 6.07) is 6.83. The Bertz CT molecular complexity index is 1220. The molecule has 2 aromatic rings. The highest BCUT2D eigenvalue weighted by molar-refractivity contribution is 7.91. The summed E-state index contributed by atoms with van der Waals surface area (Å²) in [7, 11) is -3.40. The minimum Gasteiger partial charge on any atom is -0.462 e. The van der Waals surface area contributed by atoms with Crippen LogP contribution in [0.4, 0.5) is 11.6 Å². The Hall–Kier alpha value is -2.64. The van der Waals surface area contributed by atoms with E-state index in [1.54, 1.807) is 18.2 Å². The van der Waals surface area contributed by atoms with Crippen molar-refractivity contribution in [3.63, 3.8) is 0 Å². The van der Waals surface area contributed by atoms with E-state index in [9.17, 15) is 8.42 Å². The molecule has 0 atom stereocenters. The van der Waals surface area contributed by atoms with Crippen molar-refractivity contribution in [3.8, 4) is 6.01 Å². The molecule has 1 aromatic heterocycles. The van der Waals surface area contributed by atoms with Crippen molar-refractivity contribution in [1.29, 1.82) is 0 Å². The first-order valence-corrected chi connectivity index (χ1v) is 13.9. The quantitative estimate of drug-likeness (QED) is 0.477. The van der Waals surface area contributed by atoms with Crippen molar-refractivity contribution in [2.24, 2.45) is 0 Å². The van der Waals surface area contributed by atoms with Crippen molar-refractivity contribution in [2.45, 2.75) is 4.90 Å². The molecule has 2 saturated heterocycles. The number of aromatic nitrogens is 2. The van der Waals surface area contributed by atoms with Crippen LogP contribution in [0.15, 0.2) is 35.2 Å². The number of rotatable bonds is 8. The summed E-state index contributed by atoms with van der Waals surface area (Å²) in [4.78, 5) is 13.8. The van der Waals surface area contributed by atoms with Crippen LogP contribution in [0.25, 0.3) is 5.70 Å². The number of benzene rings is 1. The first-order valence-electron chi connectivity index (χ1n) is 11.9. The number of morpholine rings is 2. The molecule has 2 N–H and O–H groups in total. The first-order chi connectivity index (χ1) is 17.5. The van der Waals surface area contributed by atoms with E-state index in [1.807, 2.05) is 6.07 Å². The predicted molar refractivity (Wildman–Crippen MR) is 136 cm³/mol. The highest BCUT2D eigenvalue weighted by atomic mass is 35.5. The molecule has 0 bridgehead atoms. The molecule has 1 aromatic carbocycles. The predicted octanol–water partition coefficient (Wildman–Crippen LogP) is 1.42. The lowest BCUT2D eigenvalue weighted by molar-refractivity contribution is 0.0317. The van der Waals surface area contributed by atoms with Gasteiger partial charge >= 0.3 is 6.01 Å². The summed E-state index contributed by atoms with van der Waals surface area (Å²) in [5.41, 5.74) is 7.30. The van der Waals surface area contributed by atoms with Crippen molar-refractivity contribution < 1.29 is 22.6 Å². The third-order valence-electron chi connectivity index (χ3n) is 6.17. The zero-order chi connectivity index (χ0) is 25.0. The highest BCUT2D eigenvalue weighted by Gasteiger charge is 2.25. The van der Waals surface area contributed by atoms with E-state index in [-0.39, 0.29) is 16.7 Å². The van der Waals surface area contributed by atoms with E-state index in [1.165, 1.54) is 6.07 Å². The van der Waals surface area contributed by atoms with Gasteiger partial charge in [-0.05, 0) is 24.3 Å². The number of hydrazine groups is 1. The lowest BCUT2D eigenvalue weighted by atomic mass is 10.1. The molecule has 0 radical (unpaired) electrons. The van der Waals surface area contributed by atoms with Crippen LogP contribution in [0.2, 0.25) is 5.02 Å². The Morgan fingerprint density at radius 1 is 1.00 bits per heavy atom. The zero-order valence-electron chi connectivity index (χ0n) is 19.8. The average molecular weight is 537 g/mol. The summed E-state index contributed by atoms with van der Waals surface area (Å²) >= 11 is 6.15. The summed E-state index contributed by atoms with van der Waals surface area (Å²) in [6.45, 7) is 7.10. The van der Waals surface area contributed by atoms with Crippen molar-refractivity contribution in [3.05, 3.63) is 40.9 Å². The summed E-state index contributed by atoms with van der Waals surface area (Å²) in [6.07, 6.45) is 1.62. The molecule has 5 rings (SSSR count). The van der Waals surface area contributed by atoms with E-state index in [4.69, 9.17) is 25.8 Å². The minimum atomic E-state index is -3.40. The third-order valence-corrected chi connectivity index (χ3v) is 8.04. The molecule has 4 heterocycles. The third kappa shape index (κ3) is 6.01. The Morgan fingerprint density at radius 3 is 2.53 bits per heavy atom. The zero-order valence-corrected chi connectivity index (χ0v) is 21.4.